The number of ether oxygens (including phenoxy) is 1. The Bertz CT molecular complexity index is 952. The van der Waals surface area contributed by atoms with Crippen molar-refractivity contribution in [3.05, 3.63) is 53.0 Å². The van der Waals surface area contributed by atoms with E-state index in [1.807, 2.05) is 17.5 Å². The van der Waals surface area contributed by atoms with Crippen molar-refractivity contribution in [1.82, 2.24) is 19.9 Å². The summed E-state index contributed by atoms with van der Waals surface area (Å²) < 4.78 is 24.5. The maximum absolute atomic E-state index is 14.2. The smallest absolute Gasteiger partial charge is 0.256 e. The molecule has 7 nitrogen and oxygen atoms in total. The molecule has 1 saturated heterocycles. The molecule has 1 aromatic carbocycles. The summed E-state index contributed by atoms with van der Waals surface area (Å²) in [5.74, 6) is 0.648. The van der Waals surface area contributed by atoms with Crippen molar-refractivity contribution >= 4 is 17.2 Å². The molecule has 9 heteroatoms. The lowest BCUT2D eigenvalue weighted by Crippen LogP contribution is -2.48. The molecule has 4 rings (SSSR count). The van der Waals surface area contributed by atoms with E-state index in [1.165, 1.54) is 19.2 Å². The average molecular weight is 402 g/mol. The molecule has 0 spiro atoms. The number of amides is 1. The number of carbonyl (C=O) groups is 1. The molecule has 0 atom stereocenters. The molecule has 0 aliphatic carbocycles. The summed E-state index contributed by atoms with van der Waals surface area (Å²) in [5, 5.41) is 5.98. The lowest BCUT2D eigenvalue weighted by molar-refractivity contribution is 0.0610. The molecule has 0 N–H and O–H groups in total. The standard InChI is InChI=1S/C19H19FN4O3S/c1-26-13-4-5-14(15(20)11-13)19(25)24-8-6-23(7-9-24)12-17-21-18(22-27-17)16-3-2-10-28-16/h2-5,10-11H,6-9,12H2,1H3. The number of halogens is 1. The van der Waals surface area contributed by atoms with Gasteiger partial charge in [0.15, 0.2) is 0 Å². The van der Waals surface area contributed by atoms with Crippen molar-refractivity contribution in [2.45, 2.75) is 6.54 Å². The minimum absolute atomic E-state index is 0.0618. The number of hydrogen-bond donors (Lipinski definition) is 0. The number of hydrogen-bond acceptors (Lipinski definition) is 7. The molecular formula is C19H19FN4O3S. The molecule has 0 unspecified atom stereocenters. The summed E-state index contributed by atoms with van der Waals surface area (Å²) >= 11 is 1.56. The average Bonchev–Trinajstić information content (AvgIpc) is 3.40. The van der Waals surface area contributed by atoms with Gasteiger partial charge in [-0.2, -0.15) is 4.98 Å². The molecule has 0 saturated carbocycles. The molecule has 2 aromatic heterocycles. The second-order valence-electron chi connectivity index (χ2n) is 6.40. The molecule has 146 valence electrons. The Morgan fingerprint density at radius 3 is 2.79 bits per heavy atom. The van der Waals surface area contributed by atoms with Crippen LogP contribution in [0.2, 0.25) is 0 Å². The van der Waals surface area contributed by atoms with E-state index in [1.54, 1.807) is 22.3 Å². The maximum atomic E-state index is 14.2. The third-order valence-corrected chi connectivity index (χ3v) is 5.50. The van der Waals surface area contributed by atoms with Gasteiger partial charge in [-0.15, -0.1) is 11.3 Å². The van der Waals surface area contributed by atoms with Crippen LogP contribution in [0.5, 0.6) is 5.75 Å². The van der Waals surface area contributed by atoms with E-state index in [0.29, 0.717) is 50.2 Å². The van der Waals surface area contributed by atoms with Crippen LogP contribution in [-0.2, 0) is 6.54 Å². The van der Waals surface area contributed by atoms with E-state index in [4.69, 9.17) is 9.26 Å². The van der Waals surface area contributed by atoms with Gasteiger partial charge in [-0.1, -0.05) is 11.2 Å². The topological polar surface area (TPSA) is 71.7 Å². The fraction of sp³-hybridized carbons (Fsp3) is 0.316. The number of carbonyl (C=O) groups excluding carboxylic acids is 1. The summed E-state index contributed by atoms with van der Waals surface area (Å²) in [6.07, 6.45) is 0. The summed E-state index contributed by atoms with van der Waals surface area (Å²) in [6, 6.07) is 8.17. The Morgan fingerprint density at radius 2 is 2.11 bits per heavy atom. The number of methoxy groups -OCH3 is 1. The Labute approximate surface area is 165 Å². The number of rotatable bonds is 5. The highest BCUT2D eigenvalue weighted by Crippen LogP contribution is 2.22. The number of nitrogens with zero attached hydrogens (tertiary/aromatic N) is 4. The first-order chi connectivity index (χ1) is 13.6. The third-order valence-electron chi connectivity index (χ3n) is 4.63. The van der Waals surface area contributed by atoms with E-state index in [-0.39, 0.29) is 11.5 Å². The van der Waals surface area contributed by atoms with Crippen LogP contribution >= 0.6 is 11.3 Å². The van der Waals surface area contributed by atoms with Crippen LogP contribution < -0.4 is 4.74 Å². The zero-order chi connectivity index (χ0) is 19.5. The highest BCUT2D eigenvalue weighted by atomic mass is 32.1. The van der Waals surface area contributed by atoms with Gasteiger partial charge in [-0.05, 0) is 23.6 Å². The van der Waals surface area contributed by atoms with Crippen molar-refractivity contribution in [1.29, 1.82) is 0 Å². The number of benzene rings is 1. The Hall–Kier alpha value is -2.78. The van der Waals surface area contributed by atoms with Gasteiger partial charge in [-0.3, -0.25) is 9.69 Å². The first kappa shape index (κ1) is 18.6. The minimum atomic E-state index is -0.571. The zero-order valence-electron chi connectivity index (χ0n) is 15.3. The minimum Gasteiger partial charge on any atom is -0.497 e. The maximum Gasteiger partial charge on any atom is 0.256 e. The monoisotopic (exact) mass is 402 g/mol. The van der Waals surface area contributed by atoms with E-state index in [2.05, 4.69) is 15.0 Å². The van der Waals surface area contributed by atoms with E-state index >= 15 is 0 Å². The molecule has 1 amide bonds. The predicted octanol–water partition coefficient (Wildman–Crippen LogP) is 2.90. The van der Waals surface area contributed by atoms with Crippen molar-refractivity contribution in [2.75, 3.05) is 33.3 Å². The number of piperazine rings is 1. The van der Waals surface area contributed by atoms with Gasteiger partial charge >= 0.3 is 0 Å². The molecule has 1 aliphatic heterocycles. The summed E-state index contributed by atoms with van der Waals surface area (Å²) in [5.41, 5.74) is 0.0618. The third kappa shape index (κ3) is 3.90. The first-order valence-electron chi connectivity index (χ1n) is 8.85. The van der Waals surface area contributed by atoms with Gasteiger partial charge < -0.3 is 14.2 Å². The van der Waals surface area contributed by atoms with Gasteiger partial charge in [0.2, 0.25) is 11.7 Å². The fourth-order valence-corrected chi connectivity index (χ4v) is 3.74. The molecule has 1 fully saturated rings. The highest BCUT2D eigenvalue weighted by molar-refractivity contribution is 7.13. The van der Waals surface area contributed by atoms with Gasteiger partial charge in [0.25, 0.3) is 5.91 Å². The molecule has 1 aliphatic rings. The first-order valence-corrected chi connectivity index (χ1v) is 9.73. The largest absolute Gasteiger partial charge is 0.497 e. The van der Waals surface area contributed by atoms with Crippen LogP contribution in [0, 0.1) is 5.82 Å². The fourth-order valence-electron chi connectivity index (χ4n) is 3.09. The molecule has 0 radical (unpaired) electrons. The molecule has 28 heavy (non-hydrogen) atoms. The lowest BCUT2D eigenvalue weighted by atomic mass is 10.1. The van der Waals surface area contributed by atoms with Crippen LogP contribution in [0.4, 0.5) is 4.39 Å². The van der Waals surface area contributed by atoms with E-state index in [0.717, 1.165) is 4.88 Å². The van der Waals surface area contributed by atoms with Crippen LogP contribution in [0.1, 0.15) is 16.2 Å². The molecule has 3 aromatic rings. The van der Waals surface area contributed by atoms with E-state index < -0.39 is 5.82 Å². The molecule has 3 heterocycles. The second kappa shape index (κ2) is 8.07. The van der Waals surface area contributed by atoms with Gasteiger partial charge in [-0.25, -0.2) is 4.39 Å². The molecular weight excluding hydrogens is 383 g/mol. The predicted molar refractivity (Wildman–Crippen MR) is 102 cm³/mol. The Morgan fingerprint density at radius 1 is 1.29 bits per heavy atom. The summed E-state index contributed by atoms with van der Waals surface area (Å²) in [6.45, 7) is 2.85. The van der Waals surface area contributed by atoms with Crippen molar-refractivity contribution in [2.24, 2.45) is 0 Å². The van der Waals surface area contributed by atoms with Crippen molar-refractivity contribution < 1.29 is 18.4 Å². The quantitative estimate of drug-likeness (QED) is 0.654. The van der Waals surface area contributed by atoms with Crippen molar-refractivity contribution in [3.63, 3.8) is 0 Å². The zero-order valence-corrected chi connectivity index (χ0v) is 16.1. The Kier molecular flexibility index (Phi) is 5.36. The lowest BCUT2D eigenvalue weighted by Gasteiger charge is -2.34. The highest BCUT2D eigenvalue weighted by Gasteiger charge is 2.25. The van der Waals surface area contributed by atoms with Crippen LogP contribution in [0.25, 0.3) is 10.7 Å². The van der Waals surface area contributed by atoms with E-state index in [9.17, 15) is 9.18 Å². The summed E-state index contributed by atoms with van der Waals surface area (Å²) in [4.78, 5) is 21.8. The number of aromatic nitrogens is 2. The molecule has 0 bridgehead atoms. The number of thiophene rings is 1. The van der Waals surface area contributed by atoms with Crippen LogP contribution in [-0.4, -0.2) is 59.1 Å². The SMILES string of the molecule is COc1ccc(C(=O)N2CCN(Cc3nc(-c4cccs4)no3)CC2)c(F)c1. The Balaban J connectivity index is 1.34. The van der Waals surface area contributed by atoms with Gasteiger partial charge in [0.1, 0.15) is 11.6 Å². The van der Waals surface area contributed by atoms with Gasteiger partial charge in [0.05, 0.1) is 24.1 Å². The van der Waals surface area contributed by atoms with Gasteiger partial charge in [0, 0.05) is 32.2 Å². The van der Waals surface area contributed by atoms with Crippen LogP contribution in [0.3, 0.4) is 0 Å². The summed E-state index contributed by atoms with van der Waals surface area (Å²) in [7, 11) is 1.46. The second-order valence-corrected chi connectivity index (χ2v) is 7.35. The van der Waals surface area contributed by atoms with Crippen molar-refractivity contribution in [3.8, 4) is 16.5 Å². The van der Waals surface area contributed by atoms with Crippen LogP contribution in [0.15, 0.2) is 40.2 Å². The normalized spacial score (nSPS) is 15.0.